The maximum Gasteiger partial charge on any atom is 0.233 e. The van der Waals surface area contributed by atoms with E-state index in [9.17, 15) is 4.79 Å². The number of amides is 1. The van der Waals surface area contributed by atoms with Crippen LogP contribution >= 0.6 is 11.8 Å². The van der Waals surface area contributed by atoms with Gasteiger partial charge in [-0.3, -0.25) is 4.79 Å². The SMILES string of the molecule is CC[C@H]1CN(C(=O)CSc2nnc(-c3ccoc3C)n2CC)CCO1. The highest BCUT2D eigenvalue weighted by Crippen LogP contribution is 2.27. The zero-order chi connectivity index (χ0) is 17.8. The number of hydrogen-bond acceptors (Lipinski definition) is 6. The van der Waals surface area contributed by atoms with Crippen molar-refractivity contribution in [3.8, 4) is 11.4 Å². The van der Waals surface area contributed by atoms with Gasteiger partial charge in [0, 0.05) is 19.6 Å². The summed E-state index contributed by atoms with van der Waals surface area (Å²) in [5.41, 5.74) is 0.937. The molecule has 3 rings (SSSR count). The molecule has 0 bridgehead atoms. The lowest BCUT2D eigenvalue weighted by Crippen LogP contribution is -2.46. The average Bonchev–Trinajstić information content (AvgIpc) is 3.24. The molecule has 1 aliphatic heterocycles. The molecular weight excluding hydrogens is 340 g/mol. The van der Waals surface area contributed by atoms with E-state index in [1.54, 1.807) is 6.26 Å². The first-order chi connectivity index (χ1) is 12.1. The van der Waals surface area contributed by atoms with Crippen molar-refractivity contribution in [3.63, 3.8) is 0 Å². The van der Waals surface area contributed by atoms with Gasteiger partial charge in [-0.1, -0.05) is 18.7 Å². The molecule has 0 N–H and O–H groups in total. The average molecular weight is 364 g/mol. The van der Waals surface area contributed by atoms with E-state index in [-0.39, 0.29) is 12.0 Å². The highest BCUT2D eigenvalue weighted by Gasteiger charge is 2.24. The molecule has 25 heavy (non-hydrogen) atoms. The number of carbonyl (C=O) groups is 1. The van der Waals surface area contributed by atoms with E-state index in [4.69, 9.17) is 9.15 Å². The first kappa shape index (κ1) is 18.0. The van der Waals surface area contributed by atoms with E-state index in [0.29, 0.717) is 25.4 Å². The molecule has 0 spiro atoms. The minimum absolute atomic E-state index is 0.124. The molecule has 0 unspecified atom stereocenters. The van der Waals surface area contributed by atoms with Gasteiger partial charge in [0.2, 0.25) is 5.91 Å². The van der Waals surface area contributed by atoms with Gasteiger partial charge >= 0.3 is 0 Å². The third-order valence-corrected chi connectivity index (χ3v) is 5.36. The Morgan fingerprint density at radius 1 is 1.40 bits per heavy atom. The van der Waals surface area contributed by atoms with Gasteiger partial charge in [0.1, 0.15) is 5.76 Å². The van der Waals surface area contributed by atoms with Gasteiger partial charge in [-0.15, -0.1) is 10.2 Å². The Morgan fingerprint density at radius 2 is 2.24 bits per heavy atom. The predicted molar refractivity (Wildman–Crippen MR) is 95.5 cm³/mol. The lowest BCUT2D eigenvalue weighted by atomic mass is 10.2. The van der Waals surface area contributed by atoms with Crippen LogP contribution in [-0.2, 0) is 16.1 Å². The molecule has 1 atom stereocenters. The Balaban J connectivity index is 1.66. The summed E-state index contributed by atoms with van der Waals surface area (Å²) < 4.78 is 13.0. The Labute approximate surface area is 151 Å². The number of rotatable bonds is 6. The molecule has 2 aromatic rings. The van der Waals surface area contributed by atoms with Crippen LogP contribution in [0.5, 0.6) is 0 Å². The summed E-state index contributed by atoms with van der Waals surface area (Å²) in [7, 11) is 0. The second kappa shape index (κ2) is 8.05. The molecule has 0 saturated carbocycles. The quantitative estimate of drug-likeness (QED) is 0.734. The smallest absolute Gasteiger partial charge is 0.233 e. The van der Waals surface area contributed by atoms with Gasteiger partial charge in [-0.2, -0.15) is 0 Å². The van der Waals surface area contributed by atoms with Crippen LogP contribution in [0.25, 0.3) is 11.4 Å². The maximum absolute atomic E-state index is 12.5. The van der Waals surface area contributed by atoms with Crippen molar-refractivity contribution in [1.82, 2.24) is 19.7 Å². The van der Waals surface area contributed by atoms with Crippen LogP contribution in [0.15, 0.2) is 21.9 Å². The molecule has 7 nitrogen and oxygen atoms in total. The van der Waals surface area contributed by atoms with Crippen LogP contribution in [0.1, 0.15) is 26.0 Å². The fourth-order valence-corrected chi connectivity index (χ4v) is 3.81. The van der Waals surface area contributed by atoms with Crippen molar-refractivity contribution in [2.45, 2.75) is 45.0 Å². The van der Waals surface area contributed by atoms with E-state index < -0.39 is 0 Å². The minimum atomic E-state index is 0.124. The number of nitrogens with zero attached hydrogens (tertiary/aromatic N) is 4. The van der Waals surface area contributed by atoms with E-state index in [0.717, 1.165) is 35.3 Å². The van der Waals surface area contributed by atoms with E-state index in [1.807, 2.05) is 29.4 Å². The van der Waals surface area contributed by atoms with E-state index >= 15 is 0 Å². The van der Waals surface area contributed by atoms with Crippen LogP contribution in [-0.4, -0.2) is 57.1 Å². The van der Waals surface area contributed by atoms with Crippen molar-refractivity contribution >= 4 is 17.7 Å². The molecule has 1 aliphatic rings. The predicted octanol–water partition coefficient (Wildman–Crippen LogP) is 2.60. The summed E-state index contributed by atoms with van der Waals surface area (Å²) in [6.07, 6.45) is 2.73. The van der Waals surface area contributed by atoms with Gasteiger partial charge in [-0.05, 0) is 26.3 Å². The van der Waals surface area contributed by atoms with Crippen LogP contribution in [0.4, 0.5) is 0 Å². The summed E-state index contributed by atoms with van der Waals surface area (Å²) in [5, 5.41) is 9.32. The van der Waals surface area contributed by atoms with E-state index in [1.165, 1.54) is 11.8 Å². The maximum atomic E-state index is 12.5. The van der Waals surface area contributed by atoms with Crippen LogP contribution in [0.3, 0.4) is 0 Å². The summed E-state index contributed by atoms with van der Waals surface area (Å²) in [4.78, 5) is 14.4. The van der Waals surface area contributed by atoms with Gasteiger partial charge in [0.25, 0.3) is 0 Å². The number of thioether (sulfide) groups is 1. The lowest BCUT2D eigenvalue weighted by Gasteiger charge is -2.32. The Bertz CT molecular complexity index is 727. The summed E-state index contributed by atoms with van der Waals surface area (Å²) in [6, 6.07) is 1.89. The second-order valence-corrected chi connectivity index (χ2v) is 6.91. The number of morpholine rings is 1. The molecule has 0 aliphatic carbocycles. The second-order valence-electron chi connectivity index (χ2n) is 5.97. The zero-order valence-electron chi connectivity index (χ0n) is 14.9. The van der Waals surface area contributed by atoms with Crippen LogP contribution in [0, 0.1) is 6.92 Å². The van der Waals surface area contributed by atoms with Gasteiger partial charge in [0.05, 0.1) is 30.3 Å². The number of aromatic nitrogens is 3. The number of carbonyl (C=O) groups excluding carboxylic acids is 1. The van der Waals surface area contributed by atoms with Gasteiger partial charge in [-0.25, -0.2) is 0 Å². The number of ether oxygens (including phenoxy) is 1. The van der Waals surface area contributed by atoms with Gasteiger partial charge < -0.3 is 18.6 Å². The third-order valence-electron chi connectivity index (χ3n) is 4.40. The van der Waals surface area contributed by atoms with Crippen LogP contribution < -0.4 is 0 Å². The number of hydrogen-bond donors (Lipinski definition) is 0. The Hall–Kier alpha value is -1.80. The molecule has 2 aromatic heterocycles. The zero-order valence-corrected chi connectivity index (χ0v) is 15.7. The van der Waals surface area contributed by atoms with Crippen molar-refractivity contribution in [2.24, 2.45) is 0 Å². The normalized spacial score (nSPS) is 17.9. The largest absolute Gasteiger partial charge is 0.469 e. The molecule has 1 saturated heterocycles. The molecular formula is C17H24N4O3S. The van der Waals surface area contributed by atoms with Crippen molar-refractivity contribution in [2.75, 3.05) is 25.4 Å². The van der Waals surface area contributed by atoms with E-state index in [2.05, 4.69) is 17.1 Å². The Morgan fingerprint density at radius 3 is 2.92 bits per heavy atom. The third kappa shape index (κ3) is 3.90. The molecule has 1 fully saturated rings. The summed E-state index contributed by atoms with van der Waals surface area (Å²) in [6.45, 7) is 8.72. The molecule has 0 aromatic carbocycles. The lowest BCUT2D eigenvalue weighted by molar-refractivity contribution is -0.135. The first-order valence-corrected chi connectivity index (χ1v) is 9.62. The fraction of sp³-hybridized carbons (Fsp3) is 0.588. The highest BCUT2D eigenvalue weighted by molar-refractivity contribution is 7.99. The molecule has 136 valence electrons. The topological polar surface area (TPSA) is 73.4 Å². The molecule has 3 heterocycles. The number of furan rings is 1. The number of aryl methyl sites for hydroxylation is 1. The molecule has 8 heteroatoms. The standard InChI is InChI=1S/C17H24N4O3S/c1-4-13-10-20(7-9-24-13)15(22)11-25-17-19-18-16(21(17)5-2)14-6-8-23-12(14)3/h6,8,13H,4-5,7,9-11H2,1-3H3/t13-/m0/s1. The Kier molecular flexibility index (Phi) is 5.80. The first-order valence-electron chi connectivity index (χ1n) is 8.63. The molecule has 1 amide bonds. The summed E-state index contributed by atoms with van der Waals surface area (Å²) >= 11 is 1.43. The monoisotopic (exact) mass is 364 g/mol. The van der Waals surface area contributed by atoms with Crippen LogP contribution in [0.2, 0.25) is 0 Å². The summed E-state index contributed by atoms with van der Waals surface area (Å²) in [5.74, 6) is 2.08. The van der Waals surface area contributed by atoms with Crippen molar-refractivity contribution in [1.29, 1.82) is 0 Å². The van der Waals surface area contributed by atoms with Crippen molar-refractivity contribution in [3.05, 3.63) is 18.1 Å². The van der Waals surface area contributed by atoms with Crippen molar-refractivity contribution < 1.29 is 13.9 Å². The van der Waals surface area contributed by atoms with Gasteiger partial charge in [0.15, 0.2) is 11.0 Å². The molecule has 0 radical (unpaired) electrons. The highest BCUT2D eigenvalue weighted by atomic mass is 32.2. The fourth-order valence-electron chi connectivity index (χ4n) is 2.91. The minimum Gasteiger partial charge on any atom is -0.469 e.